The highest BCUT2D eigenvalue weighted by atomic mass is 16.6. The molecule has 258 valence electrons. The van der Waals surface area contributed by atoms with Crippen molar-refractivity contribution in [3.8, 4) is 11.5 Å². The molecule has 0 N–H and O–H groups in total. The van der Waals surface area contributed by atoms with Crippen molar-refractivity contribution in [2.45, 2.75) is 0 Å². The molecule has 1 amide bonds. The summed E-state index contributed by atoms with van der Waals surface area (Å²) in [4.78, 5) is 87.7. The zero-order valence-corrected chi connectivity index (χ0v) is 26.9. The van der Waals surface area contributed by atoms with Gasteiger partial charge >= 0.3 is 35.8 Å². The van der Waals surface area contributed by atoms with Crippen molar-refractivity contribution in [3.05, 3.63) is 95.1 Å². The molecule has 0 fully saturated rings. The standard InChI is InChI=1S/C32H30N2O15/c1-42-25(35)15-21(30(39)45-4)34(29(38)19-11-8-7-9-12-19)33-18-20-13-10-14-22(48-23(31(40)46-5)16-26(36)43-2)28(20)49-24(32(41)47-6)17-27(37)44-3/h7-18H,1-6H3/b21-15-,23-16+,24-17+,33-18+. The third-order valence-corrected chi connectivity index (χ3v) is 5.72. The number of hydrazone groups is 1. The number of hydrogen-bond acceptors (Lipinski definition) is 16. The lowest BCUT2D eigenvalue weighted by molar-refractivity contribution is -0.141. The highest BCUT2D eigenvalue weighted by Gasteiger charge is 2.28. The van der Waals surface area contributed by atoms with Crippen LogP contribution in [0.2, 0.25) is 0 Å². The van der Waals surface area contributed by atoms with Gasteiger partial charge in [-0.3, -0.25) is 4.79 Å². The molecule has 0 aliphatic heterocycles. The SMILES string of the molecule is COC(=O)/C=C(/C(=O)OC)N(/N=C/c1cccc(O/C(=C/C(=O)OC)C(=O)OC)c1O/C(=C/C(=O)OC)C(=O)OC)C(=O)c1ccccc1. The number of ether oxygens (including phenoxy) is 8. The van der Waals surface area contributed by atoms with Crippen molar-refractivity contribution in [3.63, 3.8) is 0 Å². The molecule has 0 bridgehead atoms. The molecule has 2 aromatic rings. The minimum Gasteiger partial charge on any atom is -0.466 e. The molecule has 0 spiro atoms. The van der Waals surface area contributed by atoms with E-state index in [9.17, 15) is 33.6 Å². The molecular formula is C32H30N2O15. The van der Waals surface area contributed by atoms with E-state index >= 15 is 0 Å². The second kappa shape index (κ2) is 19.0. The second-order valence-corrected chi connectivity index (χ2v) is 8.70. The maximum atomic E-state index is 13.6. The van der Waals surface area contributed by atoms with Crippen LogP contribution >= 0.6 is 0 Å². The lowest BCUT2D eigenvalue weighted by Crippen LogP contribution is -2.31. The zero-order chi connectivity index (χ0) is 36.5. The average Bonchev–Trinajstić information content (AvgIpc) is 3.13. The minimum absolute atomic E-state index is 0.0255. The molecule has 17 heteroatoms. The van der Waals surface area contributed by atoms with Gasteiger partial charge in [0.05, 0.1) is 67.1 Å². The largest absolute Gasteiger partial charge is 0.466 e. The van der Waals surface area contributed by atoms with Gasteiger partial charge in [-0.05, 0) is 24.3 Å². The van der Waals surface area contributed by atoms with Gasteiger partial charge in [0.1, 0.15) is 0 Å². The first-order chi connectivity index (χ1) is 23.4. The molecule has 2 rings (SSSR count). The normalized spacial score (nSPS) is 11.5. The van der Waals surface area contributed by atoms with Gasteiger partial charge in [-0.25, -0.2) is 28.8 Å². The fourth-order valence-electron chi connectivity index (χ4n) is 3.37. The predicted molar refractivity (Wildman–Crippen MR) is 164 cm³/mol. The molecule has 0 radical (unpaired) electrons. The first-order valence-electron chi connectivity index (χ1n) is 13.5. The average molecular weight is 683 g/mol. The fraction of sp³-hybridized carbons (Fsp3) is 0.188. The molecule has 0 aliphatic rings. The Balaban J connectivity index is 2.93. The van der Waals surface area contributed by atoms with Crippen LogP contribution in [0.1, 0.15) is 15.9 Å². The van der Waals surface area contributed by atoms with E-state index in [-0.39, 0.29) is 16.9 Å². The van der Waals surface area contributed by atoms with Gasteiger partial charge in [0.15, 0.2) is 17.2 Å². The molecule has 0 atom stereocenters. The molecule has 0 aromatic heterocycles. The van der Waals surface area contributed by atoms with Crippen LogP contribution in [0.3, 0.4) is 0 Å². The highest BCUT2D eigenvalue weighted by molar-refractivity contribution is 6.04. The van der Waals surface area contributed by atoms with Crippen molar-refractivity contribution in [2.75, 3.05) is 42.7 Å². The van der Waals surface area contributed by atoms with Crippen LogP contribution in [0.4, 0.5) is 0 Å². The Bertz CT molecular complexity index is 1710. The summed E-state index contributed by atoms with van der Waals surface area (Å²) in [5, 5.41) is 4.63. The van der Waals surface area contributed by atoms with E-state index in [2.05, 4.69) is 24.0 Å². The van der Waals surface area contributed by atoms with Gasteiger partial charge < -0.3 is 37.9 Å². The summed E-state index contributed by atoms with van der Waals surface area (Å²) in [5.41, 5.74) is -0.797. The summed E-state index contributed by atoms with van der Waals surface area (Å²) in [5.74, 6) is -9.78. The fourth-order valence-corrected chi connectivity index (χ4v) is 3.37. The highest BCUT2D eigenvalue weighted by Crippen LogP contribution is 2.34. The Morgan fingerprint density at radius 2 is 1.08 bits per heavy atom. The summed E-state index contributed by atoms with van der Waals surface area (Å²) in [7, 11) is 6.10. The Hall–Kier alpha value is -6.78. The molecule has 0 unspecified atom stereocenters. The first kappa shape index (κ1) is 38.4. The third-order valence-electron chi connectivity index (χ3n) is 5.72. The van der Waals surface area contributed by atoms with Crippen LogP contribution < -0.4 is 9.47 Å². The van der Waals surface area contributed by atoms with Crippen molar-refractivity contribution in [1.82, 2.24) is 5.01 Å². The Kier molecular flexibility index (Phi) is 14.9. The van der Waals surface area contributed by atoms with E-state index < -0.39 is 64.7 Å². The van der Waals surface area contributed by atoms with E-state index in [1.54, 1.807) is 6.07 Å². The van der Waals surface area contributed by atoms with Gasteiger partial charge in [-0.2, -0.15) is 10.1 Å². The van der Waals surface area contributed by atoms with Crippen LogP contribution in [-0.4, -0.2) is 95.6 Å². The summed E-state index contributed by atoms with van der Waals surface area (Å²) in [6.45, 7) is 0. The van der Waals surface area contributed by atoms with Gasteiger partial charge in [0, 0.05) is 11.1 Å². The number of amides is 1. The van der Waals surface area contributed by atoms with E-state index in [1.165, 1.54) is 42.5 Å². The quantitative estimate of drug-likeness (QED) is 0.0692. The molecular weight excluding hydrogens is 652 g/mol. The summed E-state index contributed by atoms with van der Waals surface area (Å²) < 4.78 is 39.2. The summed E-state index contributed by atoms with van der Waals surface area (Å²) in [6, 6.07) is 11.4. The lowest BCUT2D eigenvalue weighted by atomic mass is 10.2. The van der Waals surface area contributed by atoms with Gasteiger partial charge in [0.2, 0.25) is 11.5 Å². The smallest absolute Gasteiger partial charge is 0.374 e. The first-order valence-corrected chi connectivity index (χ1v) is 13.5. The number of nitrogens with zero attached hydrogens (tertiary/aromatic N) is 2. The topological polar surface area (TPSA) is 209 Å². The van der Waals surface area contributed by atoms with Crippen LogP contribution in [0.5, 0.6) is 11.5 Å². The molecule has 0 saturated carbocycles. The Labute approximate surface area is 278 Å². The van der Waals surface area contributed by atoms with Crippen LogP contribution in [0, 0.1) is 0 Å². The number of methoxy groups -OCH3 is 6. The Morgan fingerprint density at radius 3 is 1.59 bits per heavy atom. The second-order valence-electron chi connectivity index (χ2n) is 8.70. The van der Waals surface area contributed by atoms with Gasteiger partial charge in [-0.1, -0.05) is 24.3 Å². The number of carbonyl (C=O) groups excluding carboxylic acids is 7. The van der Waals surface area contributed by atoms with Crippen LogP contribution in [-0.2, 0) is 57.2 Å². The van der Waals surface area contributed by atoms with Crippen molar-refractivity contribution in [1.29, 1.82) is 0 Å². The molecule has 17 nitrogen and oxygen atoms in total. The van der Waals surface area contributed by atoms with E-state index in [4.69, 9.17) is 18.9 Å². The van der Waals surface area contributed by atoms with E-state index in [1.807, 2.05) is 0 Å². The number of carbonyl (C=O) groups is 7. The minimum atomic E-state index is -1.17. The summed E-state index contributed by atoms with van der Waals surface area (Å²) in [6.07, 6.45) is 2.89. The molecule has 49 heavy (non-hydrogen) atoms. The van der Waals surface area contributed by atoms with Crippen LogP contribution in [0.15, 0.2) is 89.1 Å². The molecule has 0 saturated heterocycles. The molecule has 0 aliphatic carbocycles. The number of para-hydroxylation sites is 1. The number of benzene rings is 2. The van der Waals surface area contributed by atoms with E-state index in [0.717, 1.165) is 48.9 Å². The summed E-state index contributed by atoms with van der Waals surface area (Å²) >= 11 is 0. The van der Waals surface area contributed by atoms with Crippen molar-refractivity contribution < 1.29 is 71.5 Å². The monoisotopic (exact) mass is 682 g/mol. The Morgan fingerprint density at radius 1 is 0.571 bits per heavy atom. The molecule has 2 aromatic carbocycles. The van der Waals surface area contributed by atoms with Crippen LogP contribution in [0.25, 0.3) is 0 Å². The maximum Gasteiger partial charge on any atom is 0.374 e. The lowest BCUT2D eigenvalue weighted by Gasteiger charge is -2.19. The predicted octanol–water partition coefficient (Wildman–Crippen LogP) is 1.61. The van der Waals surface area contributed by atoms with Gasteiger partial charge in [0.25, 0.3) is 5.91 Å². The number of hydrogen-bond donors (Lipinski definition) is 0. The number of esters is 6. The molecule has 0 heterocycles. The van der Waals surface area contributed by atoms with Crippen molar-refractivity contribution >= 4 is 47.9 Å². The van der Waals surface area contributed by atoms with Gasteiger partial charge in [-0.15, -0.1) is 0 Å². The maximum absolute atomic E-state index is 13.6. The third kappa shape index (κ3) is 10.9. The van der Waals surface area contributed by atoms with Crippen molar-refractivity contribution in [2.24, 2.45) is 5.10 Å². The number of rotatable bonds is 14. The zero-order valence-electron chi connectivity index (χ0n) is 26.9. The van der Waals surface area contributed by atoms with E-state index in [0.29, 0.717) is 23.2 Å².